The molecule has 0 unspecified atom stereocenters. The molecular weight excluding hydrogens is 272 g/mol. The number of esters is 1. The molecule has 1 aliphatic rings. The first-order valence-electron chi connectivity index (χ1n) is 7.75. The van der Waals surface area contributed by atoms with Gasteiger partial charge in [0.1, 0.15) is 6.54 Å². The van der Waals surface area contributed by atoms with Gasteiger partial charge < -0.3 is 15.0 Å². The minimum atomic E-state index is -0.397. The van der Waals surface area contributed by atoms with Gasteiger partial charge in [-0.2, -0.15) is 0 Å². The third-order valence-corrected chi connectivity index (χ3v) is 3.64. The summed E-state index contributed by atoms with van der Waals surface area (Å²) in [6.45, 7) is 6.45. The van der Waals surface area contributed by atoms with Crippen molar-refractivity contribution in [1.82, 2.24) is 10.2 Å². The lowest BCUT2D eigenvalue weighted by atomic mass is 9.89. The molecule has 2 atom stereocenters. The van der Waals surface area contributed by atoms with Crippen LogP contribution in [0.25, 0.3) is 0 Å². The highest BCUT2D eigenvalue weighted by molar-refractivity contribution is 5.89. The predicted octanol–water partition coefficient (Wildman–Crippen LogP) is 1.09. The zero-order valence-electron chi connectivity index (χ0n) is 13.2. The summed E-state index contributed by atoms with van der Waals surface area (Å²) < 4.78 is 4.91. The molecule has 6 heteroatoms. The fourth-order valence-electron chi connectivity index (χ4n) is 2.61. The van der Waals surface area contributed by atoms with E-state index < -0.39 is 5.97 Å². The molecule has 0 spiro atoms. The fraction of sp³-hybridized carbons (Fsp3) is 0.800. The number of hydrogen-bond donors (Lipinski definition) is 1. The van der Waals surface area contributed by atoms with E-state index in [1.807, 2.05) is 13.8 Å². The van der Waals surface area contributed by atoms with Crippen LogP contribution in [0.3, 0.4) is 0 Å². The van der Waals surface area contributed by atoms with Gasteiger partial charge in [0.25, 0.3) is 0 Å². The summed E-state index contributed by atoms with van der Waals surface area (Å²) >= 11 is 0. The summed E-state index contributed by atoms with van der Waals surface area (Å²) in [5, 5.41) is 2.88. The van der Waals surface area contributed by atoms with Gasteiger partial charge in [0.05, 0.1) is 6.61 Å². The van der Waals surface area contributed by atoms with Crippen LogP contribution >= 0.6 is 0 Å². The Morgan fingerprint density at radius 1 is 1.33 bits per heavy atom. The van der Waals surface area contributed by atoms with Crippen molar-refractivity contribution in [2.45, 2.75) is 52.5 Å². The SMILES string of the molecule is CCCN(CC(=O)OCC)C(=O)[C@H]1CC(=O)N[C@@H](CC)C1. The average molecular weight is 298 g/mol. The smallest absolute Gasteiger partial charge is 0.325 e. The van der Waals surface area contributed by atoms with E-state index in [-0.39, 0.29) is 36.7 Å². The second-order valence-electron chi connectivity index (χ2n) is 5.37. The Hall–Kier alpha value is -1.59. The molecule has 0 aromatic rings. The lowest BCUT2D eigenvalue weighted by Gasteiger charge is -2.32. The third kappa shape index (κ3) is 5.36. The first kappa shape index (κ1) is 17.5. The highest BCUT2D eigenvalue weighted by atomic mass is 16.5. The summed E-state index contributed by atoms with van der Waals surface area (Å²) in [5.41, 5.74) is 0. The maximum atomic E-state index is 12.6. The fourth-order valence-corrected chi connectivity index (χ4v) is 2.61. The van der Waals surface area contributed by atoms with Crippen molar-refractivity contribution in [2.24, 2.45) is 5.92 Å². The Morgan fingerprint density at radius 3 is 2.62 bits per heavy atom. The number of amides is 2. The Kier molecular flexibility index (Phi) is 7.19. The number of nitrogens with zero attached hydrogens (tertiary/aromatic N) is 1. The van der Waals surface area contributed by atoms with Crippen LogP contribution in [0.5, 0.6) is 0 Å². The van der Waals surface area contributed by atoms with Gasteiger partial charge in [-0.25, -0.2) is 0 Å². The van der Waals surface area contributed by atoms with E-state index in [0.717, 1.165) is 12.8 Å². The number of nitrogens with one attached hydrogen (secondary N) is 1. The molecule has 0 aromatic heterocycles. The van der Waals surface area contributed by atoms with E-state index in [4.69, 9.17) is 4.74 Å². The van der Waals surface area contributed by atoms with Crippen molar-refractivity contribution in [1.29, 1.82) is 0 Å². The molecular formula is C15H26N2O4. The van der Waals surface area contributed by atoms with Crippen molar-refractivity contribution < 1.29 is 19.1 Å². The summed E-state index contributed by atoms with van der Waals surface area (Å²) in [4.78, 5) is 37.4. The van der Waals surface area contributed by atoms with Crippen LogP contribution in [0.2, 0.25) is 0 Å². The molecule has 0 aromatic carbocycles. The Balaban J connectivity index is 2.70. The maximum Gasteiger partial charge on any atom is 0.325 e. The van der Waals surface area contributed by atoms with Gasteiger partial charge in [-0.3, -0.25) is 14.4 Å². The highest BCUT2D eigenvalue weighted by Gasteiger charge is 2.33. The van der Waals surface area contributed by atoms with Gasteiger partial charge in [0.2, 0.25) is 11.8 Å². The van der Waals surface area contributed by atoms with Crippen LogP contribution in [-0.4, -0.2) is 48.4 Å². The monoisotopic (exact) mass is 298 g/mol. The van der Waals surface area contributed by atoms with Crippen LogP contribution < -0.4 is 5.32 Å². The standard InChI is InChI=1S/C15H26N2O4/c1-4-7-17(10-14(19)21-6-3)15(20)11-8-12(5-2)16-13(18)9-11/h11-12H,4-10H2,1-3H3,(H,16,18)/t11-,12+/m1/s1. The van der Waals surface area contributed by atoms with Gasteiger partial charge in [-0.05, 0) is 26.2 Å². The van der Waals surface area contributed by atoms with E-state index in [9.17, 15) is 14.4 Å². The molecule has 1 heterocycles. The van der Waals surface area contributed by atoms with Gasteiger partial charge in [0, 0.05) is 24.9 Å². The molecule has 0 saturated carbocycles. The van der Waals surface area contributed by atoms with Gasteiger partial charge in [-0.1, -0.05) is 13.8 Å². The minimum absolute atomic E-state index is 0.0323. The first-order valence-corrected chi connectivity index (χ1v) is 7.75. The minimum Gasteiger partial charge on any atom is -0.465 e. The molecule has 1 N–H and O–H groups in total. The largest absolute Gasteiger partial charge is 0.465 e. The predicted molar refractivity (Wildman–Crippen MR) is 78.4 cm³/mol. The Bertz CT molecular complexity index is 384. The third-order valence-electron chi connectivity index (χ3n) is 3.64. The van der Waals surface area contributed by atoms with E-state index in [2.05, 4.69) is 5.32 Å². The van der Waals surface area contributed by atoms with E-state index in [1.54, 1.807) is 6.92 Å². The van der Waals surface area contributed by atoms with Crippen molar-refractivity contribution in [3.8, 4) is 0 Å². The number of hydrogen-bond acceptors (Lipinski definition) is 4. The molecule has 0 aliphatic carbocycles. The number of rotatable bonds is 7. The molecule has 6 nitrogen and oxygen atoms in total. The van der Waals surface area contributed by atoms with E-state index in [0.29, 0.717) is 19.6 Å². The van der Waals surface area contributed by atoms with Crippen molar-refractivity contribution in [3.63, 3.8) is 0 Å². The van der Waals surface area contributed by atoms with Crippen LogP contribution in [0.4, 0.5) is 0 Å². The second kappa shape index (κ2) is 8.64. The zero-order valence-corrected chi connectivity index (χ0v) is 13.2. The molecule has 21 heavy (non-hydrogen) atoms. The molecule has 0 radical (unpaired) electrons. The molecule has 1 aliphatic heterocycles. The quantitative estimate of drug-likeness (QED) is 0.714. The van der Waals surface area contributed by atoms with Crippen molar-refractivity contribution >= 4 is 17.8 Å². The number of ether oxygens (including phenoxy) is 1. The molecule has 120 valence electrons. The normalized spacial score (nSPS) is 21.6. The van der Waals surface area contributed by atoms with Crippen molar-refractivity contribution in [3.05, 3.63) is 0 Å². The molecule has 1 saturated heterocycles. The van der Waals surface area contributed by atoms with Gasteiger partial charge in [-0.15, -0.1) is 0 Å². The summed E-state index contributed by atoms with van der Waals surface area (Å²) in [6.07, 6.45) is 2.42. The molecule has 1 rings (SSSR count). The Labute approximate surface area is 126 Å². The van der Waals surface area contributed by atoms with E-state index >= 15 is 0 Å². The Morgan fingerprint density at radius 2 is 2.05 bits per heavy atom. The number of piperidine rings is 1. The first-order chi connectivity index (χ1) is 10.0. The van der Waals surface area contributed by atoms with Gasteiger partial charge >= 0.3 is 5.97 Å². The number of carbonyl (C=O) groups excluding carboxylic acids is 3. The molecule has 1 fully saturated rings. The van der Waals surface area contributed by atoms with Crippen LogP contribution in [0.15, 0.2) is 0 Å². The second-order valence-corrected chi connectivity index (χ2v) is 5.37. The average Bonchev–Trinajstić information content (AvgIpc) is 2.45. The number of carbonyl (C=O) groups is 3. The topological polar surface area (TPSA) is 75.7 Å². The summed E-state index contributed by atoms with van der Waals surface area (Å²) in [6, 6.07) is 0.0475. The van der Waals surface area contributed by atoms with Crippen LogP contribution in [0.1, 0.15) is 46.5 Å². The van der Waals surface area contributed by atoms with Crippen LogP contribution in [-0.2, 0) is 19.1 Å². The van der Waals surface area contributed by atoms with E-state index in [1.165, 1.54) is 4.90 Å². The zero-order chi connectivity index (χ0) is 15.8. The van der Waals surface area contributed by atoms with Crippen molar-refractivity contribution in [2.75, 3.05) is 19.7 Å². The molecule has 2 amide bonds. The maximum absolute atomic E-state index is 12.6. The lowest BCUT2D eigenvalue weighted by Crippen LogP contribution is -2.48. The van der Waals surface area contributed by atoms with Gasteiger partial charge in [0.15, 0.2) is 0 Å². The lowest BCUT2D eigenvalue weighted by molar-refractivity contribution is -0.151. The summed E-state index contributed by atoms with van der Waals surface area (Å²) in [5.74, 6) is -0.923. The van der Waals surface area contributed by atoms with Crippen LogP contribution in [0, 0.1) is 5.92 Å². The highest BCUT2D eigenvalue weighted by Crippen LogP contribution is 2.21. The molecule has 0 bridgehead atoms. The summed E-state index contributed by atoms with van der Waals surface area (Å²) in [7, 11) is 0.